The highest BCUT2D eigenvalue weighted by Gasteiger charge is 2.28. The number of benzene rings is 1. The van der Waals surface area contributed by atoms with Gasteiger partial charge in [0.05, 0.1) is 24.5 Å². The molecular weight excluding hydrogens is 280 g/mol. The first-order valence-electron chi connectivity index (χ1n) is 6.33. The third kappa shape index (κ3) is 3.76. The fourth-order valence-electron chi connectivity index (χ4n) is 2.09. The number of amides is 1. The molecule has 1 fully saturated rings. The summed E-state index contributed by atoms with van der Waals surface area (Å²) in [7, 11) is 0. The summed E-state index contributed by atoms with van der Waals surface area (Å²) in [6.07, 6.45) is -1.03. The number of non-ortho nitro benzene ring substituents is 1. The lowest BCUT2D eigenvalue weighted by Crippen LogP contribution is -2.49. The van der Waals surface area contributed by atoms with E-state index < -0.39 is 17.0 Å². The number of carboxylic acids is 1. The van der Waals surface area contributed by atoms with E-state index in [2.05, 4.69) is 0 Å². The van der Waals surface area contributed by atoms with Crippen LogP contribution in [0.2, 0.25) is 0 Å². The van der Waals surface area contributed by atoms with Gasteiger partial charge in [-0.1, -0.05) is 12.1 Å². The van der Waals surface area contributed by atoms with Crippen LogP contribution in [-0.2, 0) is 20.7 Å². The zero-order valence-corrected chi connectivity index (χ0v) is 11.1. The van der Waals surface area contributed by atoms with Crippen molar-refractivity contribution < 1.29 is 24.4 Å². The molecule has 1 atom stereocenters. The number of aliphatic carboxylic acids is 1. The number of carboxylic acid groups (broad SMARTS) is 1. The van der Waals surface area contributed by atoms with Crippen LogP contribution in [0.5, 0.6) is 0 Å². The molecule has 1 aromatic carbocycles. The maximum atomic E-state index is 12.1. The van der Waals surface area contributed by atoms with Gasteiger partial charge in [0.1, 0.15) is 0 Å². The Bertz CT molecular complexity index is 574. The molecule has 0 bridgehead atoms. The van der Waals surface area contributed by atoms with Crippen LogP contribution in [0.1, 0.15) is 5.56 Å². The molecule has 0 saturated carbocycles. The summed E-state index contributed by atoms with van der Waals surface area (Å²) in [6, 6.07) is 5.83. The van der Waals surface area contributed by atoms with Gasteiger partial charge in [-0.25, -0.2) is 4.79 Å². The molecular formula is C13H14N2O6. The van der Waals surface area contributed by atoms with Crippen molar-refractivity contribution in [3.63, 3.8) is 0 Å². The predicted octanol–water partition coefficient (Wildman–Crippen LogP) is 0.449. The number of carbonyl (C=O) groups is 2. The molecule has 1 aliphatic heterocycles. The van der Waals surface area contributed by atoms with Crippen molar-refractivity contribution in [2.24, 2.45) is 0 Å². The molecule has 2 rings (SSSR count). The van der Waals surface area contributed by atoms with Crippen molar-refractivity contribution in [2.45, 2.75) is 12.5 Å². The number of nitro benzene ring substituents is 1. The molecule has 0 aliphatic carbocycles. The van der Waals surface area contributed by atoms with Gasteiger partial charge in [-0.15, -0.1) is 0 Å². The fraction of sp³-hybridized carbons (Fsp3) is 0.385. The Morgan fingerprint density at radius 3 is 2.90 bits per heavy atom. The van der Waals surface area contributed by atoms with E-state index in [0.717, 1.165) is 0 Å². The highest BCUT2D eigenvalue weighted by Crippen LogP contribution is 2.15. The molecule has 0 aromatic heterocycles. The summed E-state index contributed by atoms with van der Waals surface area (Å²) in [5.41, 5.74) is 0.443. The maximum Gasteiger partial charge on any atom is 0.334 e. The quantitative estimate of drug-likeness (QED) is 0.637. The smallest absolute Gasteiger partial charge is 0.334 e. The first kappa shape index (κ1) is 14.9. The van der Waals surface area contributed by atoms with Crippen molar-refractivity contribution in [1.29, 1.82) is 0 Å². The summed E-state index contributed by atoms with van der Waals surface area (Å²) in [5, 5.41) is 19.6. The molecule has 0 spiro atoms. The standard InChI is InChI=1S/C13H14N2O6/c16-12(14-4-5-21-11(8-14)13(17)18)7-9-2-1-3-10(6-9)15(19)20/h1-3,6,11H,4-5,7-8H2,(H,17,18). The molecule has 1 amide bonds. The molecule has 112 valence electrons. The minimum Gasteiger partial charge on any atom is -0.479 e. The molecule has 1 aliphatic rings. The largest absolute Gasteiger partial charge is 0.479 e. The lowest BCUT2D eigenvalue weighted by Gasteiger charge is -2.30. The first-order valence-corrected chi connectivity index (χ1v) is 6.33. The average molecular weight is 294 g/mol. The van der Waals surface area contributed by atoms with Gasteiger partial charge in [-0.3, -0.25) is 14.9 Å². The van der Waals surface area contributed by atoms with Crippen molar-refractivity contribution in [3.05, 3.63) is 39.9 Å². The predicted molar refractivity (Wildman–Crippen MR) is 70.8 cm³/mol. The zero-order valence-electron chi connectivity index (χ0n) is 11.1. The Labute approximate surface area is 120 Å². The molecule has 0 radical (unpaired) electrons. The van der Waals surface area contributed by atoms with Crippen molar-refractivity contribution in [1.82, 2.24) is 4.90 Å². The van der Waals surface area contributed by atoms with E-state index in [1.807, 2.05) is 0 Å². The van der Waals surface area contributed by atoms with Crippen molar-refractivity contribution in [3.8, 4) is 0 Å². The zero-order chi connectivity index (χ0) is 15.4. The lowest BCUT2D eigenvalue weighted by atomic mass is 10.1. The van der Waals surface area contributed by atoms with E-state index in [9.17, 15) is 19.7 Å². The minimum atomic E-state index is -1.11. The number of nitrogens with zero attached hydrogens (tertiary/aromatic N) is 2. The highest BCUT2D eigenvalue weighted by atomic mass is 16.6. The van der Waals surface area contributed by atoms with Gasteiger partial charge in [0.25, 0.3) is 5.69 Å². The van der Waals surface area contributed by atoms with E-state index in [4.69, 9.17) is 9.84 Å². The average Bonchev–Trinajstić information content (AvgIpc) is 2.47. The van der Waals surface area contributed by atoms with Gasteiger partial charge in [-0.05, 0) is 5.56 Å². The summed E-state index contributed by atoms with van der Waals surface area (Å²) < 4.78 is 5.04. The van der Waals surface area contributed by atoms with Crippen LogP contribution in [0.15, 0.2) is 24.3 Å². The van der Waals surface area contributed by atoms with Crippen molar-refractivity contribution >= 4 is 17.6 Å². The monoisotopic (exact) mass is 294 g/mol. The van der Waals surface area contributed by atoms with Crippen LogP contribution < -0.4 is 0 Å². The number of ether oxygens (including phenoxy) is 1. The van der Waals surface area contributed by atoms with Crippen LogP contribution in [0, 0.1) is 10.1 Å². The Hall–Kier alpha value is -2.48. The molecule has 8 heteroatoms. The Morgan fingerprint density at radius 2 is 2.24 bits per heavy atom. The first-order chi connectivity index (χ1) is 9.97. The number of nitro groups is 1. The Morgan fingerprint density at radius 1 is 1.48 bits per heavy atom. The van der Waals surface area contributed by atoms with Gasteiger partial charge >= 0.3 is 5.97 Å². The number of hydrogen-bond donors (Lipinski definition) is 1. The van der Waals surface area contributed by atoms with Gasteiger partial charge in [0, 0.05) is 18.7 Å². The van der Waals surface area contributed by atoms with E-state index in [0.29, 0.717) is 12.1 Å². The third-order valence-corrected chi connectivity index (χ3v) is 3.17. The second kappa shape index (κ2) is 6.31. The SMILES string of the molecule is O=C(O)C1CN(C(=O)Cc2cccc([N+](=O)[O-])c2)CCO1. The van der Waals surface area contributed by atoms with E-state index in [-0.39, 0.29) is 31.2 Å². The van der Waals surface area contributed by atoms with Crippen LogP contribution in [0.25, 0.3) is 0 Å². The van der Waals surface area contributed by atoms with Crippen LogP contribution in [0.4, 0.5) is 5.69 Å². The van der Waals surface area contributed by atoms with Gasteiger partial charge in [0.2, 0.25) is 5.91 Å². The normalized spacial score (nSPS) is 18.3. The summed E-state index contributed by atoms with van der Waals surface area (Å²) in [5.74, 6) is -1.38. The third-order valence-electron chi connectivity index (χ3n) is 3.17. The molecule has 1 heterocycles. The molecule has 1 unspecified atom stereocenters. The second-order valence-electron chi connectivity index (χ2n) is 4.64. The van der Waals surface area contributed by atoms with Crippen LogP contribution in [-0.4, -0.2) is 52.6 Å². The van der Waals surface area contributed by atoms with Gasteiger partial charge in [0.15, 0.2) is 6.10 Å². The minimum absolute atomic E-state index is 0.00593. The Balaban J connectivity index is 2.02. The molecule has 21 heavy (non-hydrogen) atoms. The lowest BCUT2D eigenvalue weighted by molar-refractivity contribution is -0.384. The Kier molecular flexibility index (Phi) is 4.49. The topological polar surface area (TPSA) is 110 Å². The number of hydrogen-bond acceptors (Lipinski definition) is 5. The van der Waals surface area contributed by atoms with E-state index >= 15 is 0 Å². The van der Waals surface area contributed by atoms with E-state index in [1.54, 1.807) is 6.07 Å². The van der Waals surface area contributed by atoms with Crippen LogP contribution >= 0.6 is 0 Å². The number of morpholine rings is 1. The van der Waals surface area contributed by atoms with Crippen LogP contribution in [0.3, 0.4) is 0 Å². The summed E-state index contributed by atoms with van der Waals surface area (Å²) in [4.78, 5) is 34.6. The maximum absolute atomic E-state index is 12.1. The molecule has 8 nitrogen and oxygen atoms in total. The molecule has 1 N–H and O–H groups in total. The van der Waals surface area contributed by atoms with Gasteiger partial charge in [-0.2, -0.15) is 0 Å². The van der Waals surface area contributed by atoms with Gasteiger partial charge < -0.3 is 14.7 Å². The number of carbonyl (C=O) groups excluding carboxylic acids is 1. The summed E-state index contributed by atoms with van der Waals surface area (Å²) in [6.45, 7) is 0.471. The molecule has 1 saturated heterocycles. The fourth-order valence-corrected chi connectivity index (χ4v) is 2.09. The second-order valence-corrected chi connectivity index (χ2v) is 4.64. The molecule has 1 aromatic rings. The van der Waals surface area contributed by atoms with Crippen molar-refractivity contribution in [2.75, 3.05) is 19.7 Å². The van der Waals surface area contributed by atoms with E-state index in [1.165, 1.54) is 23.1 Å². The number of rotatable bonds is 4. The highest BCUT2D eigenvalue weighted by molar-refractivity contribution is 5.80. The summed E-state index contributed by atoms with van der Waals surface area (Å²) >= 11 is 0.